The number of aromatic amines is 1. The van der Waals surface area contributed by atoms with E-state index in [4.69, 9.17) is 5.73 Å². The first-order valence-electron chi connectivity index (χ1n) is 6.14. The molecule has 3 heterocycles. The molecule has 0 atom stereocenters. The molecule has 0 aliphatic carbocycles. The van der Waals surface area contributed by atoms with Crippen molar-refractivity contribution in [3.05, 3.63) is 6.33 Å². The van der Waals surface area contributed by atoms with Crippen molar-refractivity contribution in [2.45, 2.75) is 18.9 Å². The van der Waals surface area contributed by atoms with Crippen molar-refractivity contribution < 1.29 is 0 Å². The third-order valence-corrected chi connectivity index (χ3v) is 3.36. The van der Waals surface area contributed by atoms with Gasteiger partial charge >= 0.3 is 0 Å². The number of piperidine rings is 1. The lowest BCUT2D eigenvalue weighted by atomic mass is 10.1. The van der Waals surface area contributed by atoms with Gasteiger partial charge in [-0.15, -0.1) is 0 Å². The van der Waals surface area contributed by atoms with Gasteiger partial charge in [0.05, 0.1) is 6.33 Å². The van der Waals surface area contributed by atoms with E-state index in [9.17, 15) is 0 Å². The van der Waals surface area contributed by atoms with E-state index in [1.165, 1.54) is 0 Å². The summed E-state index contributed by atoms with van der Waals surface area (Å²) in [5.74, 6) is 1.01. The molecule has 1 saturated heterocycles. The quantitative estimate of drug-likeness (QED) is 0.712. The fourth-order valence-corrected chi connectivity index (χ4v) is 2.30. The molecular formula is C11H17N7. The number of hydrogen-bond acceptors (Lipinski definition) is 6. The number of H-pyrrole nitrogens is 1. The van der Waals surface area contributed by atoms with Crippen LogP contribution in [0.4, 0.5) is 11.8 Å². The molecule has 1 aliphatic rings. The molecule has 1 aliphatic heterocycles. The number of imidazole rings is 1. The van der Waals surface area contributed by atoms with Crippen molar-refractivity contribution in [2.24, 2.45) is 0 Å². The molecule has 0 bridgehead atoms. The van der Waals surface area contributed by atoms with Crippen LogP contribution in [0.5, 0.6) is 0 Å². The molecule has 0 spiro atoms. The first kappa shape index (κ1) is 11.2. The van der Waals surface area contributed by atoms with E-state index in [1.807, 2.05) is 0 Å². The van der Waals surface area contributed by atoms with Crippen LogP contribution >= 0.6 is 0 Å². The van der Waals surface area contributed by atoms with Crippen molar-refractivity contribution >= 4 is 22.9 Å². The van der Waals surface area contributed by atoms with Gasteiger partial charge in [0, 0.05) is 6.04 Å². The lowest BCUT2D eigenvalue weighted by molar-refractivity contribution is 0.264. The maximum Gasteiger partial charge on any atom is 0.224 e. The van der Waals surface area contributed by atoms with E-state index in [0.717, 1.165) is 37.3 Å². The number of nitrogens with two attached hydrogens (primary N) is 1. The molecule has 18 heavy (non-hydrogen) atoms. The molecule has 4 N–H and O–H groups in total. The second-order valence-corrected chi connectivity index (χ2v) is 4.75. The highest BCUT2D eigenvalue weighted by Crippen LogP contribution is 2.20. The van der Waals surface area contributed by atoms with Crippen LogP contribution in [-0.2, 0) is 0 Å². The van der Waals surface area contributed by atoms with Crippen molar-refractivity contribution in [1.29, 1.82) is 0 Å². The minimum atomic E-state index is 0.255. The van der Waals surface area contributed by atoms with Crippen molar-refractivity contribution in [3.8, 4) is 0 Å². The van der Waals surface area contributed by atoms with Crippen molar-refractivity contribution in [3.63, 3.8) is 0 Å². The summed E-state index contributed by atoms with van der Waals surface area (Å²) in [6, 6.07) is 0.432. The van der Waals surface area contributed by atoms with Gasteiger partial charge < -0.3 is 20.9 Å². The van der Waals surface area contributed by atoms with Crippen molar-refractivity contribution in [2.75, 3.05) is 31.2 Å². The Morgan fingerprint density at radius 3 is 2.94 bits per heavy atom. The molecule has 1 fully saturated rings. The number of hydrogen-bond donors (Lipinski definition) is 3. The van der Waals surface area contributed by atoms with E-state index in [1.54, 1.807) is 6.33 Å². The summed E-state index contributed by atoms with van der Waals surface area (Å²) < 4.78 is 0. The Hall–Kier alpha value is -1.89. The lowest BCUT2D eigenvalue weighted by Crippen LogP contribution is -2.37. The van der Waals surface area contributed by atoms with E-state index in [2.05, 4.69) is 37.2 Å². The van der Waals surface area contributed by atoms with Crippen LogP contribution in [0.3, 0.4) is 0 Å². The molecule has 7 nitrogen and oxygen atoms in total. The minimum absolute atomic E-state index is 0.255. The zero-order valence-electron chi connectivity index (χ0n) is 10.3. The second-order valence-electron chi connectivity index (χ2n) is 4.75. The van der Waals surface area contributed by atoms with Crippen molar-refractivity contribution in [1.82, 2.24) is 24.8 Å². The third kappa shape index (κ3) is 2.08. The maximum atomic E-state index is 5.69. The normalized spacial score (nSPS) is 18.3. The Bertz CT molecular complexity index is 541. The highest BCUT2D eigenvalue weighted by Gasteiger charge is 2.18. The number of nitrogen functional groups attached to an aromatic ring is 1. The number of anilines is 2. The Morgan fingerprint density at radius 1 is 1.39 bits per heavy atom. The highest BCUT2D eigenvalue weighted by molar-refractivity contribution is 5.83. The molecule has 0 radical (unpaired) electrons. The van der Waals surface area contributed by atoms with Gasteiger partial charge in [-0.2, -0.15) is 9.97 Å². The SMILES string of the molecule is CN1CCC(Nc2nc(N)nc3nc[nH]c23)CC1. The van der Waals surface area contributed by atoms with Gasteiger partial charge in [-0.3, -0.25) is 0 Å². The second kappa shape index (κ2) is 4.41. The van der Waals surface area contributed by atoms with Gasteiger partial charge in [-0.25, -0.2) is 4.98 Å². The number of nitrogens with one attached hydrogen (secondary N) is 2. The average molecular weight is 247 g/mol. The summed E-state index contributed by atoms with van der Waals surface area (Å²) in [5.41, 5.74) is 7.12. The summed E-state index contributed by atoms with van der Waals surface area (Å²) in [5, 5.41) is 3.44. The molecule has 3 rings (SSSR count). The fourth-order valence-electron chi connectivity index (χ4n) is 2.30. The van der Waals surface area contributed by atoms with Crippen LogP contribution in [0, 0.1) is 0 Å². The lowest BCUT2D eigenvalue weighted by Gasteiger charge is -2.29. The minimum Gasteiger partial charge on any atom is -0.368 e. The first-order chi connectivity index (χ1) is 8.72. The summed E-state index contributed by atoms with van der Waals surface area (Å²) in [6.45, 7) is 2.20. The summed E-state index contributed by atoms with van der Waals surface area (Å²) in [7, 11) is 2.14. The van der Waals surface area contributed by atoms with E-state index in [-0.39, 0.29) is 5.95 Å². The number of fused-ring (bicyclic) bond motifs is 1. The van der Waals surface area contributed by atoms with E-state index < -0.39 is 0 Å². The number of rotatable bonds is 2. The van der Waals surface area contributed by atoms with Gasteiger partial charge in [0.2, 0.25) is 5.95 Å². The monoisotopic (exact) mass is 247 g/mol. The van der Waals surface area contributed by atoms with Gasteiger partial charge in [-0.05, 0) is 33.0 Å². The predicted molar refractivity (Wildman–Crippen MR) is 70.2 cm³/mol. The molecule has 0 unspecified atom stereocenters. The Kier molecular flexibility index (Phi) is 2.75. The van der Waals surface area contributed by atoms with Crippen LogP contribution in [0.1, 0.15) is 12.8 Å². The van der Waals surface area contributed by atoms with Crippen LogP contribution in [0.25, 0.3) is 11.2 Å². The van der Waals surface area contributed by atoms with Gasteiger partial charge in [-0.1, -0.05) is 0 Å². The van der Waals surface area contributed by atoms with Crippen LogP contribution in [-0.4, -0.2) is 51.0 Å². The Labute approximate surface area is 105 Å². The molecule has 2 aromatic rings. The molecule has 7 heteroatoms. The van der Waals surface area contributed by atoms with Crippen LogP contribution < -0.4 is 11.1 Å². The zero-order valence-corrected chi connectivity index (χ0v) is 10.3. The number of nitrogens with zero attached hydrogens (tertiary/aromatic N) is 4. The fraction of sp³-hybridized carbons (Fsp3) is 0.545. The zero-order chi connectivity index (χ0) is 12.5. The summed E-state index contributed by atoms with van der Waals surface area (Å²) in [4.78, 5) is 17.8. The average Bonchev–Trinajstić information content (AvgIpc) is 2.80. The highest BCUT2D eigenvalue weighted by atomic mass is 15.2. The Morgan fingerprint density at radius 2 is 2.17 bits per heavy atom. The molecule has 2 aromatic heterocycles. The standard InChI is InChI=1S/C11H17N7/c1-18-4-2-7(3-5-18)15-10-8-9(14-6-13-8)16-11(12)17-10/h6-7H,2-5H2,1H3,(H4,12,13,14,15,16,17). The molecule has 0 saturated carbocycles. The molecular weight excluding hydrogens is 230 g/mol. The molecule has 96 valence electrons. The third-order valence-electron chi connectivity index (χ3n) is 3.36. The van der Waals surface area contributed by atoms with Gasteiger partial charge in [0.15, 0.2) is 11.5 Å². The number of aromatic nitrogens is 4. The molecule has 0 amide bonds. The topological polar surface area (TPSA) is 95.8 Å². The predicted octanol–water partition coefficient (Wildman–Crippen LogP) is 0.441. The van der Waals surface area contributed by atoms with Gasteiger partial charge in [0.25, 0.3) is 0 Å². The molecule has 0 aromatic carbocycles. The maximum absolute atomic E-state index is 5.69. The van der Waals surface area contributed by atoms with E-state index >= 15 is 0 Å². The Balaban J connectivity index is 1.83. The van der Waals surface area contributed by atoms with Crippen LogP contribution in [0.2, 0.25) is 0 Å². The van der Waals surface area contributed by atoms with Gasteiger partial charge in [0.1, 0.15) is 5.52 Å². The van der Waals surface area contributed by atoms with Crippen LogP contribution in [0.15, 0.2) is 6.33 Å². The first-order valence-corrected chi connectivity index (χ1v) is 6.14. The number of likely N-dealkylation sites (tertiary alicyclic amines) is 1. The summed E-state index contributed by atoms with van der Waals surface area (Å²) >= 11 is 0. The smallest absolute Gasteiger partial charge is 0.224 e. The largest absolute Gasteiger partial charge is 0.368 e. The summed E-state index contributed by atoms with van der Waals surface area (Å²) in [6.07, 6.45) is 3.82. The van der Waals surface area contributed by atoms with E-state index in [0.29, 0.717) is 11.7 Å².